The highest BCUT2D eigenvalue weighted by molar-refractivity contribution is 5.80. The minimum absolute atomic E-state index is 0.0292. The van der Waals surface area contributed by atoms with E-state index in [1.165, 1.54) is 11.1 Å². The van der Waals surface area contributed by atoms with Crippen LogP contribution in [0.4, 0.5) is 0 Å². The van der Waals surface area contributed by atoms with Gasteiger partial charge in [0.1, 0.15) is 0 Å². The fraction of sp³-hybridized carbons (Fsp3) is 0.632. The standard InChI is InChI=1S/C15H21N3.2C2H6/c1-10-11(2)18-9-16-13-8-6-7-12(14(13)18)15(3,4)17(10)5;2*1-2/h6-11H,1-5H3;2*1-2H3. The predicted molar refractivity (Wildman–Crippen MR) is 97.4 cm³/mol. The van der Waals surface area contributed by atoms with Crippen LogP contribution in [0.5, 0.6) is 0 Å². The van der Waals surface area contributed by atoms with Crippen LogP contribution in [0.2, 0.25) is 0 Å². The molecule has 0 bridgehead atoms. The van der Waals surface area contributed by atoms with E-state index in [2.05, 4.69) is 67.4 Å². The summed E-state index contributed by atoms with van der Waals surface area (Å²) in [5.41, 5.74) is 3.80. The van der Waals surface area contributed by atoms with Gasteiger partial charge in [0.2, 0.25) is 0 Å². The van der Waals surface area contributed by atoms with Crippen molar-refractivity contribution in [1.29, 1.82) is 0 Å². The molecular weight excluding hydrogens is 270 g/mol. The zero-order valence-electron chi connectivity index (χ0n) is 15.8. The highest BCUT2D eigenvalue weighted by atomic mass is 15.3. The van der Waals surface area contributed by atoms with Crippen molar-refractivity contribution in [3.05, 3.63) is 30.1 Å². The summed E-state index contributed by atoms with van der Waals surface area (Å²) in [6.07, 6.45) is 1.99. The van der Waals surface area contributed by atoms with Gasteiger partial charge in [-0.2, -0.15) is 0 Å². The van der Waals surface area contributed by atoms with Crippen molar-refractivity contribution in [1.82, 2.24) is 14.5 Å². The molecule has 0 N–H and O–H groups in total. The lowest BCUT2D eigenvalue weighted by atomic mass is 9.91. The normalized spacial score (nSPS) is 23.0. The number of benzene rings is 1. The molecule has 124 valence electrons. The molecule has 3 rings (SSSR count). The summed E-state index contributed by atoms with van der Waals surface area (Å²) in [4.78, 5) is 7.02. The molecule has 1 aliphatic rings. The van der Waals surface area contributed by atoms with Crippen LogP contribution < -0.4 is 0 Å². The van der Waals surface area contributed by atoms with Crippen molar-refractivity contribution in [3.8, 4) is 0 Å². The molecule has 2 aromatic rings. The highest BCUT2D eigenvalue weighted by Gasteiger charge is 2.37. The average molecular weight is 303 g/mol. The lowest BCUT2D eigenvalue weighted by molar-refractivity contribution is 0.0901. The maximum Gasteiger partial charge on any atom is 0.0961 e. The lowest BCUT2D eigenvalue weighted by Gasteiger charge is -2.40. The lowest BCUT2D eigenvalue weighted by Crippen LogP contribution is -2.45. The average Bonchev–Trinajstić information content (AvgIpc) is 2.98. The molecular formula is C19H33N3. The van der Waals surface area contributed by atoms with Gasteiger partial charge in [-0.1, -0.05) is 39.8 Å². The molecule has 0 fully saturated rings. The van der Waals surface area contributed by atoms with Gasteiger partial charge in [-0.15, -0.1) is 0 Å². The molecule has 0 amide bonds. The van der Waals surface area contributed by atoms with Crippen LogP contribution >= 0.6 is 0 Å². The van der Waals surface area contributed by atoms with Gasteiger partial charge < -0.3 is 4.57 Å². The second-order valence-electron chi connectivity index (χ2n) is 5.98. The van der Waals surface area contributed by atoms with Gasteiger partial charge in [0.15, 0.2) is 0 Å². The minimum atomic E-state index is 0.0292. The van der Waals surface area contributed by atoms with E-state index >= 15 is 0 Å². The Bertz CT molecular complexity index is 598. The summed E-state index contributed by atoms with van der Waals surface area (Å²) in [6.45, 7) is 17.2. The summed E-state index contributed by atoms with van der Waals surface area (Å²) in [5.74, 6) is 0. The third-order valence-corrected chi connectivity index (χ3v) is 4.88. The van der Waals surface area contributed by atoms with Crippen molar-refractivity contribution in [2.45, 2.75) is 73.0 Å². The van der Waals surface area contributed by atoms with Crippen molar-refractivity contribution in [2.75, 3.05) is 7.05 Å². The first kappa shape index (κ1) is 18.7. The maximum absolute atomic E-state index is 4.55. The monoisotopic (exact) mass is 303 g/mol. The number of imidazole rings is 1. The van der Waals surface area contributed by atoms with Gasteiger partial charge in [0.25, 0.3) is 0 Å². The molecule has 1 aliphatic heterocycles. The molecule has 3 nitrogen and oxygen atoms in total. The zero-order valence-corrected chi connectivity index (χ0v) is 15.8. The maximum atomic E-state index is 4.55. The Kier molecular flexibility index (Phi) is 6.18. The Balaban J connectivity index is 0.000000561. The molecule has 1 aromatic carbocycles. The van der Waals surface area contributed by atoms with Crippen LogP contribution in [0.15, 0.2) is 24.5 Å². The first-order chi connectivity index (χ1) is 10.4. The molecule has 22 heavy (non-hydrogen) atoms. The molecule has 3 heteroatoms. The fourth-order valence-electron chi connectivity index (χ4n) is 3.15. The second kappa shape index (κ2) is 7.28. The predicted octanol–water partition coefficient (Wildman–Crippen LogP) is 5.22. The fourth-order valence-corrected chi connectivity index (χ4v) is 3.15. The third-order valence-electron chi connectivity index (χ3n) is 4.88. The number of likely N-dealkylation sites (N-methyl/N-ethyl adjacent to an activating group) is 1. The Morgan fingerprint density at radius 1 is 1.00 bits per heavy atom. The number of para-hydroxylation sites is 1. The molecule has 2 heterocycles. The molecule has 1 aromatic heterocycles. The van der Waals surface area contributed by atoms with Crippen LogP contribution in [0, 0.1) is 0 Å². The summed E-state index contributed by atoms with van der Waals surface area (Å²) >= 11 is 0. The van der Waals surface area contributed by atoms with Gasteiger partial charge in [-0.05, 0) is 46.4 Å². The quantitative estimate of drug-likeness (QED) is 0.665. The smallest absolute Gasteiger partial charge is 0.0961 e. The summed E-state index contributed by atoms with van der Waals surface area (Å²) in [5, 5.41) is 0. The first-order valence-corrected chi connectivity index (χ1v) is 8.63. The van der Waals surface area contributed by atoms with Crippen LogP contribution in [-0.4, -0.2) is 27.5 Å². The van der Waals surface area contributed by atoms with Crippen LogP contribution in [0.1, 0.15) is 67.0 Å². The van der Waals surface area contributed by atoms with E-state index in [1.807, 2.05) is 34.0 Å². The zero-order chi connectivity index (χ0) is 17.1. The Morgan fingerprint density at radius 3 is 2.18 bits per heavy atom. The third kappa shape index (κ3) is 2.79. The second-order valence-corrected chi connectivity index (χ2v) is 5.98. The number of rotatable bonds is 0. The van der Waals surface area contributed by atoms with Crippen molar-refractivity contribution in [3.63, 3.8) is 0 Å². The van der Waals surface area contributed by atoms with E-state index < -0.39 is 0 Å². The van der Waals surface area contributed by atoms with E-state index in [0.717, 1.165) is 5.52 Å². The highest BCUT2D eigenvalue weighted by Crippen LogP contribution is 2.39. The Morgan fingerprint density at radius 2 is 1.59 bits per heavy atom. The van der Waals surface area contributed by atoms with Gasteiger partial charge in [0.05, 0.1) is 17.4 Å². The number of aromatic nitrogens is 2. The van der Waals surface area contributed by atoms with E-state index in [0.29, 0.717) is 12.1 Å². The molecule has 0 saturated carbocycles. The van der Waals surface area contributed by atoms with Crippen molar-refractivity contribution < 1.29 is 0 Å². The Hall–Kier alpha value is -1.35. The van der Waals surface area contributed by atoms with Gasteiger partial charge in [0, 0.05) is 17.6 Å². The van der Waals surface area contributed by atoms with Gasteiger partial charge >= 0.3 is 0 Å². The Labute approximate surface area is 136 Å². The summed E-state index contributed by atoms with van der Waals surface area (Å²) in [7, 11) is 2.22. The number of hydrogen-bond donors (Lipinski definition) is 0. The largest absolute Gasteiger partial charge is 0.326 e. The van der Waals surface area contributed by atoms with Gasteiger partial charge in [-0.25, -0.2) is 4.98 Å². The van der Waals surface area contributed by atoms with E-state index in [-0.39, 0.29) is 5.54 Å². The molecule has 0 saturated heterocycles. The molecule has 0 aliphatic carbocycles. The summed E-state index contributed by atoms with van der Waals surface area (Å²) < 4.78 is 2.33. The number of nitrogens with zero attached hydrogens (tertiary/aromatic N) is 3. The summed E-state index contributed by atoms with van der Waals surface area (Å²) in [6, 6.07) is 7.37. The molecule has 2 atom stereocenters. The topological polar surface area (TPSA) is 21.1 Å². The van der Waals surface area contributed by atoms with E-state index in [9.17, 15) is 0 Å². The number of hydrogen-bond acceptors (Lipinski definition) is 2. The van der Waals surface area contributed by atoms with Crippen LogP contribution in [-0.2, 0) is 5.54 Å². The van der Waals surface area contributed by atoms with Crippen LogP contribution in [0.25, 0.3) is 11.0 Å². The molecule has 0 radical (unpaired) electrons. The molecule has 2 unspecified atom stereocenters. The molecule has 0 spiro atoms. The van der Waals surface area contributed by atoms with Crippen molar-refractivity contribution in [2.24, 2.45) is 0 Å². The van der Waals surface area contributed by atoms with Gasteiger partial charge in [-0.3, -0.25) is 4.90 Å². The van der Waals surface area contributed by atoms with Crippen LogP contribution in [0.3, 0.4) is 0 Å². The van der Waals surface area contributed by atoms with E-state index in [4.69, 9.17) is 0 Å². The SMILES string of the molecule is CC.CC.CC1C(C)n2cnc3cccc(c32)C(C)(C)N1C. The van der Waals surface area contributed by atoms with Crippen molar-refractivity contribution >= 4 is 11.0 Å². The minimum Gasteiger partial charge on any atom is -0.326 e. The first-order valence-electron chi connectivity index (χ1n) is 8.63. The van der Waals surface area contributed by atoms with E-state index in [1.54, 1.807) is 0 Å².